The van der Waals surface area contributed by atoms with Gasteiger partial charge in [0.05, 0.1) is 0 Å². The average molecular weight is 216 g/mol. The summed E-state index contributed by atoms with van der Waals surface area (Å²) in [5, 5.41) is 3.48. The second-order valence-corrected chi connectivity index (χ2v) is 4.22. The molecule has 0 amide bonds. The van der Waals surface area contributed by atoms with E-state index in [9.17, 15) is 0 Å². The Kier molecular flexibility index (Phi) is 4.59. The molecule has 0 spiro atoms. The molecule has 1 N–H and O–H groups in total. The predicted molar refractivity (Wildman–Crippen MR) is 68.3 cm³/mol. The lowest BCUT2D eigenvalue weighted by molar-refractivity contribution is 0.297. The molecule has 0 atom stereocenters. The van der Waals surface area contributed by atoms with Crippen LogP contribution >= 0.6 is 0 Å². The van der Waals surface area contributed by atoms with E-state index in [2.05, 4.69) is 52.7 Å². The Morgan fingerprint density at radius 1 is 1.12 bits per heavy atom. The summed E-state index contributed by atoms with van der Waals surface area (Å²) in [6, 6.07) is 10.6. The average Bonchev–Trinajstić information content (AvgIpc) is 2.37. The van der Waals surface area contributed by atoms with E-state index >= 15 is 0 Å². The third kappa shape index (κ3) is 3.80. The quantitative estimate of drug-likeness (QED) is 0.598. The van der Waals surface area contributed by atoms with Gasteiger partial charge in [-0.3, -0.25) is 4.90 Å². The Morgan fingerprint density at radius 2 is 2.00 bits per heavy atom. The van der Waals surface area contributed by atoms with Gasteiger partial charge < -0.3 is 5.32 Å². The molecule has 1 aliphatic heterocycles. The fourth-order valence-corrected chi connectivity index (χ4v) is 1.96. The first kappa shape index (κ1) is 11.4. The minimum absolute atomic E-state index is 0.977. The summed E-state index contributed by atoms with van der Waals surface area (Å²) in [6.45, 7) is 5.53. The lowest BCUT2D eigenvalue weighted by atomic mass is 10.2. The maximum atomic E-state index is 3.48. The SMILES string of the molecule is C1=CCN(CCNCc2ccccc2)CC1. The van der Waals surface area contributed by atoms with Crippen molar-refractivity contribution < 1.29 is 0 Å². The van der Waals surface area contributed by atoms with Crippen LogP contribution in [0.2, 0.25) is 0 Å². The van der Waals surface area contributed by atoms with Gasteiger partial charge in [-0.15, -0.1) is 0 Å². The molecule has 1 aliphatic rings. The van der Waals surface area contributed by atoms with Crippen LogP contribution in [0.15, 0.2) is 42.5 Å². The number of benzene rings is 1. The van der Waals surface area contributed by atoms with Gasteiger partial charge in [0.1, 0.15) is 0 Å². The summed E-state index contributed by atoms with van der Waals surface area (Å²) < 4.78 is 0. The van der Waals surface area contributed by atoms with E-state index in [1.807, 2.05) is 0 Å². The molecule has 2 rings (SSSR count). The zero-order valence-corrected chi connectivity index (χ0v) is 9.73. The van der Waals surface area contributed by atoms with Crippen LogP contribution in [0, 0.1) is 0 Å². The Labute approximate surface area is 98.0 Å². The van der Waals surface area contributed by atoms with Crippen LogP contribution in [0.3, 0.4) is 0 Å². The first-order valence-corrected chi connectivity index (χ1v) is 6.07. The summed E-state index contributed by atoms with van der Waals surface area (Å²) in [5.74, 6) is 0. The number of rotatable bonds is 5. The maximum Gasteiger partial charge on any atom is 0.0206 e. The Balaban J connectivity index is 1.60. The summed E-state index contributed by atoms with van der Waals surface area (Å²) >= 11 is 0. The molecule has 0 unspecified atom stereocenters. The second kappa shape index (κ2) is 6.46. The van der Waals surface area contributed by atoms with E-state index in [1.54, 1.807) is 0 Å². The van der Waals surface area contributed by atoms with Crippen LogP contribution in [0.25, 0.3) is 0 Å². The fourth-order valence-electron chi connectivity index (χ4n) is 1.96. The van der Waals surface area contributed by atoms with E-state index in [-0.39, 0.29) is 0 Å². The van der Waals surface area contributed by atoms with Crippen molar-refractivity contribution in [3.8, 4) is 0 Å². The number of hydrogen-bond donors (Lipinski definition) is 1. The van der Waals surface area contributed by atoms with E-state index in [0.29, 0.717) is 0 Å². The van der Waals surface area contributed by atoms with E-state index in [1.165, 1.54) is 18.5 Å². The maximum absolute atomic E-state index is 3.48. The number of nitrogens with zero attached hydrogens (tertiary/aromatic N) is 1. The van der Waals surface area contributed by atoms with Crippen LogP contribution in [0.4, 0.5) is 0 Å². The Bertz CT molecular complexity index is 319. The van der Waals surface area contributed by atoms with Gasteiger partial charge in [0.2, 0.25) is 0 Å². The van der Waals surface area contributed by atoms with Crippen molar-refractivity contribution in [3.63, 3.8) is 0 Å². The smallest absolute Gasteiger partial charge is 0.0206 e. The Hall–Kier alpha value is -1.12. The van der Waals surface area contributed by atoms with Crippen molar-refractivity contribution in [1.29, 1.82) is 0 Å². The highest BCUT2D eigenvalue weighted by Crippen LogP contribution is 2.00. The molecule has 0 aromatic heterocycles. The summed E-state index contributed by atoms with van der Waals surface area (Å²) in [7, 11) is 0. The largest absolute Gasteiger partial charge is 0.311 e. The molecule has 1 aromatic carbocycles. The van der Waals surface area contributed by atoms with Crippen molar-refractivity contribution in [2.24, 2.45) is 0 Å². The van der Waals surface area contributed by atoms with Crippen LogP contribution in [-0.4, -0.2) is 31.1 Å². The fraction of sp³-hybridized carbons (Fsp3) is 0.429. The van der Waals surface area contributed by atoms with Gasteiger partial charge in [0, 0.05) is 32.7 Å². The minimum atomic E-state index is 0.977. The highest BCUT2D eigenvalue weighted by molar-refractivity contribution is 5.14. The van der Waals surface area contributed by atoms with Crippen molar-refractivity contribution in [2.75, 3.05) is 26.2 Å². The molecule has 86 valence electrons. The van der Waals surface area contributed by atoms with Gasteiger partial charge in [0.15, 0.2) is 0 Å². The lowest BCUT2D eigenvalue weighted by Crippen LogP contribution is -2.34. The molecule has 0 fully saturated rings. The van der Waals surface area contributed by atoms with Gasteiger partial charge in [-0.05, 0) is 12.0 Å². The number of nitrogens with one attached hydrogen (secondary N) is 1. The summed E-state index contributed by atoms with van der Waals surface area (Å²) in [6.07, 6.45) is 5.74. The summed E-state index contributed by atoms with van der Waals surface area (Å²) in [5.41, 5.74) is 1.36. The predicted octanol–water partition coefficient (Wildman–Crippen LogP) is 2.04. The monoisotopic (exact) mass is 216 g/mol. The zero-order chi connectivity index (χ0) is 11.1. The molecule has 0 aliphatic carbocycles. The van der Waals surface area contributed by atoms with Crippen LogP contribution in [0.5, 0.6) is 0 Å². The van der Waals surface area contributed by atoms with Gasteiger partial charge >= 0.3 is 0 Å². The third-order valence-corrected chi connectivity index (χ3v) is 2.92. The third-order valence-electron chi connectivity index (χ3n) is 2.92. The molecule has 0 radical (unpaired) electrons. The standard InChI is InChI=1S/C14H20N2/c1-3-7-14(8-4-1)13-15-9-12-16-10-5-2-6-11-16/h1-5,7-8,15H,6,9-13H2. The van der Waals surface area contributed by atoms with Crippen LogP contribution < -0.4 is 5.32 Å². The van der Waals surface area contributed by atoms with Gasteiger partial charge in [0.25, 0.3) is 0 Å². The molecule has 0 saturated heterocycles. The second-order valence-electron chi connectivity index (χ2n) is 4.22. The van der Waals surface area contributed by atoms with E-state index in [0.717, 1.165) is 26.2 Å². The molecule has 0 saturated carbocycles. The Morgan fingerprint density at radius 3 is 2.75 bits per heavy atom. The van der Waals surface area contributed by atoms with Gasteiger partial charge in [-0.1, -0.05) is 42.5 Å². The summed E-state index contributed by atoms with van der Waals surface area (Å²) in [4.78, 5) is 2.48. The van der Waals surface area contributed by atoms with E-state index in [4.69, 9.17) is 0 Å². The topological polar surface area (TPSA) is 15.3 Å². The molecular formula is C14H20N2. The molecule has 2 nitrogen and oxygen atoms in total. The molecule has 16 heavy (non-hydrogen) atoms. The molecular weight excluding hydrogens is 196 g/mol. The zero-order valence-electron chi connectivity index (χ0n) is 9.73. The van der Waals surface area contributed by atoms with E-state index < -0.39 is 0 Å². The molecule has 2 heteroatoms. The highest BCUT2D eigenvalue weighted by atomic mass is 15.1. The van der Waals surface area contributed by atoms with Crippen molar-refractivity contribution in [1.82, 2.24) is 10.2 Å². The normalized spacial score (nSPS) is 16.5. The lowest BCUT2D eigenvalue weighted by Gasteiger charge is -2.22. The number of hydrogen-bond acceptors (Lipinski definition) is 2. The molecule has 0 bridgehead atoms. The van der Waals surface area contributed by atoms with Crippen molar-refractivity contribution in [3.05, 3.63) is 48.0 Å². The van der Waals surface area contributed by atoms with Crippen molar-refractivity contribution in [2.45, 2.75) is 13.0 Å². The van der Waals surface area contributed by atoms with Crippen LogP contribution in [0.1, 0.15) is 12.0 Å². The first-order chi connectivity index (χ1) is 7.95. The first-order valence-electron chi connectivity index (χ1n) is 6.07. The molecule has 1 heterocycles. The van der Waals surface area contributed by atoms with Gasteiger partial charge in [-0.2, -0.15) is 0 Å². The highest BCUT2D eigenvalue weighted by Gasteiger charge is 2.04. The van der Waals surface area contributed by atoms with Crippen LogP contribution in [-0.2, 0) is 6.54 Å². The van der Waals surface area contributed by atoms with Gasteiger partial charge in [-0.25, -0.2) is 0 Å². The minimum Gasteiger partial charge on any atom is -0.311 e. The molecule has 1 aromatic rings. The van der Waals surface area contributed by atoms with Crippen molar-refractivity contribution >= 4 is 0 Å².